The van der Waals surface area contributed by atoms with Crippen molar-refractivity contribution in [2.75, 3.05) is 0 Å². The van der Waals surface area contributed by atoms with Crippen LogP contribution in [0.1, 0.15) is 11.3 Å². The Hall–Kier alpha value is -0.600. The average Bonchev–Trinajstić information content (AvgIpc) is 1.94. The maximum absolute atomic E-state index is 5.63. The molecule has 1 aromatic rings. The number of rotatable bonds is 1. The summed E-state index contributed by atoms with van der Waals surface area (Å²) < 4.78 is 0. The molecule has 0 bridgehead atoms. The topological polar surface area (TPSA) is 38.9 Å². The van der Waals surface area contributed by atoms with E-state index in [1.54, 1.807) is 6.07 Å². The Bertz CT molecular complexity index is 235. The summed E-state index contributed by atoms with van der Waals surface area (Å²) in [6, 6.07) is 3.67. The highest BCUT2D eigenvalue weighted by Gasteiger charge is 1.96. The summed E-state index contributed by atoms with van der Waals surface area (Å²) >= 11 is 5.63. The summed E-state index contributed by atoms with van der Waals surface area (Å²) in [6.07, 6.45) is 0. The van der Waals surface area contributed by atoms with Crippen molar-refractivity contribution in [3.05, 3.63) is 28.5 Å². The van der Waals surface area contributed by atoms with Crippen molar-refractivity contribution in [3.8, 4) is 0 Å². The van der Waals surface area contributed by atoms with Crippen LogP contribution in [0.2, 0.25) is 5.15 Å². The SMILES string of the molecule is Cc1ccc(Cl)nc1CN. The molecule has 10 heavy (non-hydrogen) atoms. The monoisotopic (exact) mass is 156 g/mol. The van der Waals surface area contributed by atoms with E-state index < -0.39 is 0 Å². The summed E-state index contributed by atoms with van der Waals surface area (Å²) in [5, 5.41) is 0.506. The van der Waals surface area contributed by atoms with E-state index in [1.807, 2.05) is 13.0 Å². The Kier molecular flexibility index (Phi) is 2.25. The van der Waals surface area contributed by atoms with Crippen LogP contribution < -0.4 is 5.73 Å². The van der Waals surface area contributed by atoms with Crippen molar-refractivity contribution >= 4 is 11.6 Å². The number of nitrogens with zero attached hydrogens (tertiary/aromatic N) is 1. The van der Waals surface area contributed by atoms with Crippen LogP contribution in [0.15, 0.2) is 12.1 Å². The number of aromatic nitrogens is 1. The fourth-order valence-corrected chi connectivity index (χ4v) is 0.916. The second kappa shape index (κ2) is 2.99. The summed E-state index contributed by atoms with van der Waals surface area (Å²) in [5.41, 5.74) is 7.36. The van der Waals surface area contributed by atoms with Crippen LogP contribution in [0.4, 0.5) is 0 Å². The smallest absolute Gasteiger partial charge is 0.129 e. The van der Waals surface area contributed by atoms with Gasteiger partial charge in [0.1, 0.15) is 5.15 Å². The lowest BCUT2D eigenvalue weighted by Crippen LogP contribution is -2.01. The summed E-state index contributed by atoms with van der Waals surface area (Å²) in [5.74, 6) is 0. The molecule has 0 aliphatic rings. The number of nitrogens with two attached hydrogens (primary N) is 1. The largest absolute Gasteiger partial charge is 0.325 e. The zero-order valence-electron chi connectivity index (χ0n) is 5.76. The van der Waals surface area contributed by atoms with E-state index in [0.29, 0.717) is 11.7 Å². The van der Waals surface area contributed by atoms with E-state index in [-0.39, 0.29) is 0 Å². The van der Waals surface area contributed by atoms with Crippen molar-refractivity contribution < 1.29 is 0 Å². The number of hydrogen-bond acceptors (Lipinski definition) is 2. The van der Waals surface area contributed by atoms with Crippen molar-refractivity contribution in [3.63, 3.8) is 0 Å². The van der Waals surface area contributed by atoms with Crippen molar-refractivity contribution in [2.24, 2.45) is 5.73 Å². The minimum Gasteiger partial charge on any atom is -0.325 e. The fraction of sp³-hybridized carbons (Fsp3) is 0.286. The lowest BCUT2D eigenvalue weighted by molar-refractivity contribution is 0.969. The Labute approximate surface area is 65.0 Å². The van der Waals surface area contributed by atoms with Gasteiger partial charge in [-0.2, -0.15) is 0 Å². The summed E-state index contributed by atoms with van der Waals surface area (Å²) in [7, 11) is 0. The van der Waals surface area contributed by atoms with E-state index >= 15 is 0 Å². The van der Waals surface area contributed by atoms with Gasteiger partial charge in [0.25, 0.3) is 0 Å². The molecule has 0 aliphatic carbocycles. The molecule has 0 radical (unpaired) electrons. The number of pyridine rings is 1. The minimum absolute atomic E-state index is 0.451. The molecule has 3 heteroatoms. The zero-order valence-corrected chi connectivity index (χ0v) is 6.52. The van der Waals surface area contributed by atoms with Crippen LogP contribution in [-0.2, 0) is 6.54 Å². The normalized spacial score (nSPS) is 9.90. The first-order valence-corrected chi connectivity index (χ1v) is 3.44. The predicted molar refractivity (Wildman–Crippen MR) is 41.9 cm³/mol. The first-order valence-electron chi connectivity index (χ1n) is 3.06. The van der Waals surface area contributed by atoms with Gasteiger partial charge in [0.05, 0.1) is 5.69 Å². The van der Waals surface area contributed by atoms with Gasteiger partial charge in [-0.25, -0.2) is 4.98 Å². The molecule has 0 aromatic carbocycles. The zero-order chi connectivity index (χ0) is 7.56. The Morgan fingerprint density at radius 1 is 1.60 bits per heavy atom. The van der Waals surface area contributed by atoms with Crippen LogP contribution in [0.3, 0.4) is 0 Å². The molecule has 0 amide bonds. The maximum Gasteiger partial charge on any atom is 0.129 e. The van der Waals surface area contributed by atoms with Crippen molar-refractivity contribution in [1.29, 1.82) is 0 Å². The lowest BCUT2D eigenvalue weighted by Gasteiger charge is -1.99. The third kappa shape index (κ3) is 1.46. The van der Waals surface area contributed by atoms with Crippen LogP contribution in [0.25, 0.3) is 0 Å². The van der Waals surface area contributed by atoms with Crippen LogP contribution in [-0.4, -0.2) is 4.98 Å². The lowest BCUT2D eigenvalue weighted by atomic mass is 10.2. The van der Waals surface area contributed by atoms with E-state index in [9.17, 15) is 0 Å². The minimum atomic E-state index is 0.451. The molecule has 2 nitrogen and oxygen atoms in total. The van der Waals surface area contributed by atoms with Gasteiger partial charge in [0.2, 0.25) is 0 Å². The van der Waals surface area contributed by atoms with Gasteiger partial charge < -0.3 is 5.73 Å². The second-order valence-electron chi connectivity index (χ2n) is 2.10. The molecule has 0 saturated carbocycles. The fourth-order valence-electron chi connectivity index (χ4n) is 0.751. The Morgan fingerprint density at radius 2 is 2.30 bits per heavy atom. The molecule has 0 fully saturated rings. The van der Waals surface area contributed by atoms with E-state index in [0.717, 1.165) is 11.3 Å². The van der Waals surface area contributed by atoms with Gasteiger partial charge in [-0.15, -0.1) is 0 Å². The number of hydrogen-bond donors (Lipinski definition) is 1. The van der Waals surface area contributed by atoms with E-state index in [1.165, 1.54) is 0 Å². The molecule has 1 rings (SSSR count). The molecule has 54 valence electrons. The van der Waals surface area contributed by atoms with Gasteiger partial charge in [-0.05, 0) is 18.6 Å². The molecule has 1 aromatic heterocycles. The van der Waals surface area contributed by atoms with Gasteiger partial charge in [-0.3, -0.25) is 0 Å². The van der Waals surface area contributed by atoms with Gasteiger partial charge >= 0.3 is 0 Å². The summed E-state index contributed by atoms with van der Waals surface area (Å²) in [4.78, 5) is 4.03. The quantitative estimate of drug-likeness (QED) is 0.626. The highest BCUT2D eigenvalue weighted by molar-refractivity contribution is 6.29. The first-order chi connectivity index (χ1) is 4.74. The van der Waals surface area contributed by atoms with Crippen molar-refractivity contribution in [1.82, 2.24) is 4.98 Å². The molecular weight excluding hydrogens is 148 g/mol. The number of aryl methyl sites for hydroxylation is 1. The van der Waals surface area contributed by atoms with Gasteiger partial charge in [-0.1, -0.05) is 17.7 Å². The molecule has 0 atom stereocenters. The third-order valence-electron chi connectivity index (χ3n) is 1.36. The standard InChI is InChI=1S/C7H9ClN2/c1-5-2-3-7(8)10-6(5)4-9/h2-3H,4,9H2,1H3. The van der Waals surface area contributed by atoms with Gasteiger partial charge in [0.15, 0.2) is 0 Å². The Morgan fingerprint density at radius 3 is 2.80 bits per heavy atom. The molecule has 0 spiro atoms. The van der Waals surface area contributed by atoms with E-state index in [4.69, 9.17) is 17.3 Å². The highest BCUT2D eigenvalue weighted by atomic mass is 35.5. The van der Waals surface area contributed by atoms with Crippen LogP contribution in [0, 0.1) is 6.92 Å². The molecule has 0 unspecified atom stereocenters. The van der Waals surface area contributed by atoms with E-state index in [2.05, 4.69) is 4.98 Å². The predicted octanol–water partition coefficient (Wildman–Crippen LogP) is 1.50. The second-order valence-corrected chi connectivity index (χ2v) is 2.49. The average molecular weight is 157 g/mol. The summed E-state index contributed by atoms with van der Waals surface area (Å²) in [6.45, 7) is 2.41. The number of halogens is 1. The molecular formula is C7H9ClN2. The third-order valence-corrected chi connectivity index (χ3v) is 1.57. The maximum atomic E-state index is 5.63. The van der Waals surface area contributed by atoms with Crippen LogP contribution in [0.5, 0.6) is 0 Å². The molecule has 2 N–H and O–H groups in total. The highest BCUT2D eigenvalue weighted by Crippen LogP contribution is 2.09. The molecule has 1 heterocycles. The van der Waals surface area contributed by atoms with Gasteiger partial charge in [0, 0.05) is 6.54 Å². The first kappa shape index (κ1) is 7.51. The van der Waals surface area contributed by atoms with Crippen LogP contribution >= 0.6 is 11.6 Å². The molecule has 0 saturated heterocycles. The molecule has 0 aliphatic heterocycles. The Balaban J connectivity index is 3.09. The van der Waals surface area contributed by atoms with Crippen molar-refractivity contribution in [2.45, 2.75) is 13.5 Å².